The first kappa shape index (κ1) is 6.62. The van der Waals surface area contributed by atoms with E-state index in [4.69, 9.17) is 5.11 Å². The maximum atomic E-state index is 9.41. The molecule has 0 aromatic heterocycles. The molecule has 0 unspecified atom stereocenters. The Balaban J connectivity index is 2.11. The van der Waals surface area contributed by atoms with Crippen molar-refractivity contribution < 1.29 is 10.2 Å². The summed E-state index contributed by atoms with van der Waals surface area (Å²) in [6.07, 6.45) is 3.20. The average Bonchev–Trinajstić information content (AvgIpc) is 2.42. The lowest BCUT2D eigenvalue weighted by molar-refractivity contribution is 0.0974. The van der Waals surface area contributed by atoms with E-state index >= 15 is 0 Å². The molecule has 58 valence electrons. The number of aliphatic hydroxyl groups excluding tert-OH is 2. The van der Waals surface area contributed by atoms with Gasteiger partial charge in [-0.15, -0.1) is 0 Å². The van der Waals surface area contributed by atoms with E-state index in [2.05, 4.69) is 0 Å². The van der Waals surface area contributed by atoms with Gasteiger partial charge in [-0.05, 0) is 37.0 Å². The van der Waals surface area contributed by atoms with Gasteiger partial charge in [-0.1, -0.05) is 0 Å². The van der Waals surface area contributed by atoms with E-state index in [9.17, 15) is 5.11 Å². The summed E-state index contributed by atoms with van der Waals surface area (Å²) in [5.74, 6) is 1.48. The van der Waals surface area contributed by atoms with Gasteiger partial charge in [-0.2, -0.15) is 0 Å². The van der Waals surface area contributed by atoms with Crippen LogP contribution in [0.2, 0.25) is 0 Å². The summed E-state index contributed by atoms with van der Waals surface area (Å²) in [5.41, 5.74) is 0. The number of aliphatic hydroxyl groups is 2. The highest BCUT2D eigenvalue weighted by molar-refractivity contribution is 4.96. The largest absolute Gasteiger partial charge is 0.396 e. The second-order valence-electron chi connectivity index (χ2n) is 3.65. The fourth-order valence-electron chi connectivity index (χ4n) is 2.72. The van der Waals surface area contributed by atoms with Crippen LogP contribution in [0.1, 0.15) is 19.3 Å². The van der Waals surface area contributed by atoms with E-state index in [1.807, 2.05) is 0 Å². The smallest absolute Gasteiger partial charge is 0.0574 e. The van der Waals surface area contributed by atoms with Crippen molar-refractivity contribution in [3.63, 3.8) is 0 Å². The van der Waals surface area contributed by atoms with Gasteiger partial charge in [-0.3, -0.25) is 0 Å². The Morgan fingerprint density at radius 3 is 2.40 bits per heavy atom. The monoisotopic (exact) mass is 142 g/mol. The van der Waals surface area contributed by atoms with Gasteiger partial charge in [0.2, 0.25) is 0 Å². The molecule has 2 aliphatic rings. The van der Waals surface area contributed by atoms with E-state index in [1.165, 1.54) is 6.42 Å². The predicted molar refractivity (Wildman–Crippen MR) is 37.4 cm³/mol. The minimum Gasteiger partial charge on any atom is -0.396 e. The lowest BCUT2D eigenvalue weighted by Crippen LogP contribution is -2.18. The quantitative estimate of drug-likeness (QED) is 0.556. The molecular weight excluding hydrogens is 128 g/mol. The molecule has 2 fully saturated rings. The maximum Gasteiger partial charge on any atom is 0.0574 e. The van der Waals surface area contributed by atoms with Crippen LogP contribution in [-0.4, -0.2) is 22.9 Å². The summed E-state index contributed by atoms with van der Waals surface area (Å²) in [6.45, 7) is 0.284. The molecule has 2 aliphatic carbocycles. The van der Waals surface area contributed by atoms with Crippen LogP contribution in [0.4, 0.5) is 0 Å². The third-order valence-corrected chi connectivity index (χ3v) is 3.28. The first-order valence-electron chi connectivity index (χ1n) is 4.12. The average molecular weight is 142 g/mol. The molecule has 0 spiro atoms. The van der Waals surface area contributed by atoms with Gasteiger partial charge in [0.05, 0.1) is 6.10 Å². The second kappa shape index (κ2) is 2.21. The van der Waals surface area contributed by atoms with Crippen molar-refractivity contribution in [3.05, 3.63) is 0 Å². The van der Waals surface area contributed by atoms with Crippen LogP contribution in [0, 0.1) is 17.8 Å². The summed E-state index contributed by atoms with van der Waals surface area (Å²) in [5, 5.41) is 18.4. The van der Waals surface area contributed by atoms with Crippen molar-refractivity contribution in [2.75, 3.05) is 6.61 Å². The van der Waals surface area contributed by atoms with Crippen molar-refractivity contribution in [3.8, 4) is 0 Å². The summed E-state index contributed by atoms with van der Waals surface area (Å²) < 4.78 is 0. The van der Waals surface area contributed by atoms with Crippen LogP contribution in [0.15, 0.2) is 0 Å². The van der Waals surface area contributed by atoms with Gasteiger partial charge in [0.15, 0.2) is 0 Å². The first-order chi connectivity index (χ1) is 4.83. The zero-order valence-corrected chi connectivity index (χ0v) is 6.03. The Bertz CT molecular complexity index is 135. The molecule has 0 aromatic carbocycles. The summed E-state index contributed by atoms with van der Waals surface area (Å²) >= 11 is 0. The Morgan fingerprint density at radius 1 is 1.30 bits per heavy atom. The van der Waals surface area contributed by atoms with Gasteiger partial charge in [0.1, 0.15) is 0 Å². The molecule has 0 saturated heterocycles. The third kappa shape index (κ3) is 0.722. The summed E-state index contributed by atoms with van der Waals surface area (Å²) in [6, 6.07) is 0. The van der Waals surface area contributed by atoms with Crippen molar-refractivity contribution in [1.29, 1.82) is 0 Å². The van der Waals surface area contributed by atoms with E-state index in [0.29, 0.717) is 17.8 Å². The first-order valence-corrected chi connectivity index (χ1v) is 4.12. The zero-order valence-electron chi connectivity index (χ0n) is 6.03. The van der Waals surface area contributed by atoms with E-state index in [1.54, 1.807) is 0 Å². The molecule has 2 rings (SSSR count). The molecule has 0 aromatic rings. The van der Waals surface area contributed by atoms with Gasteiger partial charge in [-0.25, -0.2) is 0 Å². The minimum absolute atomic E-state index is 0.101. The zero-order chi connectivity index (χ0) is 7.14. The summed E-state index contributed by atoms with van der Waals surface area (Å²) in [4.78, 5) is 0. The molecule has 0 aliphatic heterocycles. The summed E-state index contributed by atoms with van der Waals surface area (Å²) in [7, 11) is 0. The maximum absolute atomic E-state index is 9.41. The van der Waals surface area contributed by atoms with Crippen LogP contribution < -0.4 is 0 Å². The third-order valence-electron chi connectivity index (χ3n) is 3.28. The molecule has 2 N–H and O–H groups in total. The molecule has 0 heterocycles. The standard InChI is InChI=1S/C8H14O2/c9-4-7-5-1-2-6(7)8(10)3-5/h5-10H,1-4H2/t5-,6-,7-,8-/m0/s1. The highest BCUT2D eigenvalue weighted by atomic mass is 16.3. The van der Waals surface area contributed by atoms with E-state index in [0.717, 1.165) is 12.8 Å². The van der Waals surface area contributed by atoms with Crippen LogP contribution in [0.25, 0.3) is 0 Å². The van der Waals surface area contributed by atoms with Gasteiger partial charge in [0.25, 0.3) is 0 Å². The molecule has 2 bridgehead atoms. The normalized spacial score (nSPS) is 52.2. The minimum atomic E-state index is -0.101. The van der Waals surface area contributed by atoms with Gasteiger partial charge in [0, 0.05) is 6.61 Å². The Hall–Kier alpha value is -0.0800. The Kier molecular flexibility index (Phi) is 1.46. The molecule has 0 amide bonds. The van der Waals surface area contributed by atoms with Crippen molar-refractivity contribution in [2.45, 2.75) is 25.4 Å². The number of hydrogen-bond donors (Lipinski definition) is 2. The highest BCUT2D eigenvalue weighted by Gasteiger charge is 2.46. The van der Waals surface area contributed by atoms with Crippen LogP contribution in [0.3, 0.4) is 0 Å². The van der Waals surface area contributed by atoms with Crippen molar-refractivity contribution >= 4 is 0 Å². The van der Waals surface area contributed by atoms with Crippen LogP contribution in [-0.2, 0) is 0 Å². The van der Waals surface area contributed by atoms with Crippen molar-refractivity contribution in [1.82, 2.24) is 0 Å². The topological polar surface area (TPSA) is 40.5 Å². The SMILES string of the molecule is OC[C@H]1[C@H]2CC[C@@H]1[C@@H](O)C2. The van der Waals surface area contributed by atoms with Gasteiger partial charge >= 0.3 is 0 Å². The molecule has 10 heavy (non-hydrogen) atoms. The molecule has 2 heteroatoms. The van der Waals surface area contributed by atoms with E-state index in [-0.39, 0.29) is 12.7 Å². The Labute approximate surface area is 60.9 Å². The molecule has 2 nitrogen and oxygen atoms in total. The highest BCUT2D eigenvalue weighted by Crippen LogP contribution is 2.48. The van der Waals surface area contributed by atoms with Crippen molar-refractivity contribution in [2.24, 2.45) is 17.8 Å². The Morgan fingerprint density at radius 2 is 2.10 bits per heavy atom. The van der Waals surface area contributed by atoms with E-state index < -0.39 is 0 Å². The van der Waals surface area contributed by atoms with Crippen LogP contribution in [0.5, 0.6) is 0 Å². The lowest BCUT2D eigenvalue weighted by atomic mass is 9.97. The van der Waals surface area contributed by atoms with Crippen LogP contribution >= 0.6 is 0 Å². The number of hydrogen-bond acceptors (Lipinski definition) is 2. The molecular formula is C8H14O2. The van der Waals surface area contributed by atoms with Gasteiger partial charge < -0.3 is 10.2 Å². The predicted octanol–water partition coefficient (Wildman–Crippen LogP) is 0.386. The number of rotatable bonds is 1. The fourth-order valence-corrected chi connectivity index (χ4v) is 2.72. The fraction of sp³-hybridized carbons (Fsp3) is 1.00. The number of fused-ring (bicyclic) bond motifs is 2. The molecule has 2 saturated carbocycles. The molecule has 0 radical (unpaired) electrons. The second-order valence-corrected chi connectivity index (χ2v) is 3.65. The molecule has 4 atom stereocenters. The lowest BCUT2D eigenvalue weighted by Gasteiger charge is -2.15.